The van der Waals surface area contributed by atoms with Crippen molar-refractivity contribution in [3.63, 3.8) is 0 Å². The van der Waals surface area contributed by atoms with Crippen LogP contribution in [0.25, 0.3) is 12.2 Å². The molecule has 0 atom stereocenters. The first-order valence-electron chi connectivity index (χ1n) is 11.0. The lowest BCUT2D eigenvalue weighted by Gasteiger charge is -2.10. The third kappa shape index (κ3) is 6.56. The van der Waals surface area contributed by atoms with Gasteiger partial charge in [0.1, 0.15) is 0 Å². The van der Waals surface area contributed by atoms with E-state index in [2.05, 4.69) is 20.9 Å². The fourth-order valence-corrected chi connectivity index (χ4v) is 3.56. The van der Waals surface area contributed by atoms with Crippen LogP contribution in [0.1, 0.15) is 23.6 Å². The number of nitro benzene ring substituents is 1. The van der Waals surface area contributed by atoms with Gasteiger partial charge in [0, 0.05) is 28.2 Å². The fourth-order valence-electron chi connectivity index (χ4n) is 3.30. The van der Waals surface area contributed by atoms with E-state index in [4.69, 9.17) is 14.2 Å². The van der Waals surface area contributed by atoms with Crippen molar-refractivity contribution in [1.29, 1.82) is 0 Å². The number of esters is 2. The molecule has 0 saturated heterocycles. The van der Waals surface area contributed by atoms with Gasteiger partial charge in [-0.25, -0.2) is 14.6 Å². The number of aliphatic imine (C=N–C) groups is 1. The number of nitro groups is 1. The predicted molar refractivity (Wildman–Crippen MR) is 140 cm³/mol. The average Bonchev–Trinajstić information content (AvgIpc) is 3.25. The van der Waals surface area contributed by atoms with Gasteiger partial charge in [-0.05, 0) is 66.6 Å². The molecule has 1 heterocycles. The number of rotatable bonds is 8. The van der Waals surface area contributed by atoms with Crippen LogP contribution in [-0.2, 0) is 14.3 Å². The summed E-state index contributed by atoms with van der Waals surface area (Å²) in [4.78, 5) is 39.4. The van der Waals surface area contributed by atoms with Gasteiger partial charge in [0.2, 0.25) is 5.90 Å². The molecule has 3 aromatic carbocycles. The average molecular weight is 563 g/mol. The van der Waals surface area contributed by atoms with Crippen LogP contribution in [0.5, 0.6) is 11.5 Å². The van der Waals surface area contributed by atoms with Gasteiger partial charge in [0.25, 0.3) is 5.69 Å². The highest BCUT2D eigenvalue weighted by molar-refractivity contribution is 9.10. The van der Waals surface area contributed by atoms with Gasteiger partial charge in [-0.2, -0.15) is 0 Å². The van der Waals surface area contributed by atoms with E-state index in [0.717, 1.165) is 10.5 Å². The van der Waals surface area contributed by atoms with Crippen molar-refractivity contribution in [2.75, 3.05) is 6.61 Å². The van der Waals surface area contributed by atoms with Gasteiger partial charge in [-0.3, -0.25) is 10.1 Å². The summed E-state index contributed by atoms with van der Waals surface area (Å²) in [6, 6.07) is 17.9. The van der Waals surface area contributed by atoms with E-state index >= 15 is 0 Å². The molecular weight excluding hydrogens is 544 g/mol. The Bertz CT molecular complexity index is 1460. The number of hydrogen-bond donors (Lipinski definition) is 0. The lowest BCUT2D eigenvalue weighted by atomic mass is 10.1. The molecule has 1 aliphatic rings. The molecule has 10 heteroatoms. The third-order valence-electron chi connectivity index (χ3n) is 4.99. The maximum absolute atomic E-state index is 12.4. The van der Waals surface area contributed by atoms with Crippen molar-refractivity contribution in [2.45, 2.75) is 6.92 Å². The molecule has 0 aromatic heterocycles. The fraction of sp³-hybridized carbons (Fsp3) is 0.0741. The highest BCUT2D eigenvalue weighted by atomic mass is 79.9. The molecular formula is C27H19BrN2O7. The Morgan fingerprint density at radius 3 is 2.59 bits per heavy atom. The maximum atomic E-state index is 12.4. The molecule has 3 aromatic rings. The van der Waals surface area contributed by atoms with Crippen LogP contribution in [0, 0.1) is 10.1 Å². The van der Waals surface area contributed by atoms with E-state index in [-0.39, 0.29) is 28.8 Å². The molecule has 0 bridgehead atoms. The van der Waals surface area contributed by atoms with Crippen molar-refractivity contribution in [3.8, 4) is 11.5 Å². The van der Waals surface area contributed by atoms with E-state index in [1.807, 2.05) is 12.1 Å². The van der Waals surface area contributed by atoms with Crippen LogP contribution in [0.4, 0.5) is 5.69 Å². The third-order valence-corrected chi connectivity index (χ3v) is 5.51. The van der Waals surface area contributed by atoms with E-state index in [0.29, 0.717) is 23.3 Å². The van der Waals surface area contributed by atoms with Crippen LogP contribution in [0.15, 0.2) is 88.0 Å². The zero-order valence-corrected chi connectivity index (χ0v) is 21.0. The van der Waals surface area contributed by atoms with Crippen molar-refractivity contribution < 1.29 is 28.7 Å². The molecule has 0 fully saturated rings. The number of ether oxygens (including phenoxy) is 3. The molecule has 37 heavy (non-hydrogen) atoms. The molecule has 0 radical (unpaired) electrons. The quantitative estimate of drug-likeness (QED) is 0.113. The van der Waals surface area contributed by atoms with Gasteiger partial charge >= 0.3 is 11.9 Å². The van der Waals surface area contributed by atoms with Crippen molar-refractivity contribution in [1.82, 2.24) is 0 Å². The number of halogens is 1. The molecule has 0 N–H and O–H groups in total. The lowest BCUT2D eigenvalue weighted by molar-refractivity contribution is -0.384. The van der Waals surface area contributed by atoms with Gasteiger partial charge in [0.05, 0.1) is 11.5 Å². The summed E-state index contributed by atoms with van der Waals surface area (Å²) >= 11 is 3.36. The van der Waals surface area contributed by atoms with E-state index < -0.39 is 16.9 Å². The molecule has 0 spiro atoms. The number of carbonyl (C=O) groups excluding carboxylic acids is 2. The monoisotopic (exact) mass is 562 g/mol. The van der Waals surface area contributed by atoms with Crippen molar-refractivity contribution in [2.24, 2.45) is 4.99 Å². The number of cyclic esters (lactones) is 1. The standard InChI is InChI=1S/C27H19BrN2O7/c1-2-35-24-16-18(15-22-27(32)37-26(29-22)19-8-10-20(28)11-9-19)6-12-23(24)36-25(31)13-7-17-4-3-5-21(14-17)30(33)34/h3-16H,2H2,1H3/b13-7+,22-15-. The summed E-state index contributed by atoms with van der Waals surface area (Å²) in [5, 5.41) is 10.9. The van der Waals surface area contributed by atoms with Gasteiger partial charge < -0.3 is 14.2 Å². The summed E-state index contributed by atoms with van der Waals surface area (Å²) in [5.74, 6) is -0.614. The number of nitrogens with zero attached hydrogens (tertiary/aromatic N) is 2. The Labute approximate surface area is 220 Å². The summed E-state index contributed by atoms with van der Waals surface area (Å²) in [7, 11) is 0. The zero-order valence-electron chi connectivity index (χ0n) is 19.4. The first-order chi connectivity index (χ1) is 17.8. The molecule has 1 aliphatic heterocycles. The first-order valence-corrected chi connectivity index (χ1v) is 11.8. The van der Waals surface area contributed by atoms with Crippen LogP contribution in [-0.4, -0.2) is 29.4 Å². The van der Waals surface area contributed by atoms with Crippen LogP contribution < -0.4 is 9.47 Å². The summed E-state index contributed by atoms with van der Waals surface area (Å²) in [5.41, 5.74) is 1.76. The van der Waals surface area contributed by atoms with Crippen LogP contribution in [0.3, 0.4) is 0 Å². The van der Waals surface area contributed by atoms with Gasteiger partial charge in [-0.15, -0.1) is 0 Å². The highest BCUT2D eigenvalue weighted by Crippen LogP contribution is 2.30. The number of benzene rings is 3. The first kappa shape index (κ1) is 25.5. The minimum absolute atomic E-state index is 0.0849. The Morgan fingerprint density at radius 2 is 1.86 bits per heavy atom. The second kappa shape index (κ2) is 11.4. The molecule has 186 valence electrons. The highest BCUT2D eigenvalue weighted by Gasteiger charge is 2.24. The van der Waals surface area contributed by atoms with E-state index in [9.17, 15) is 19.7 Å². The summed E-state index contributed by atoms with van der Waals surface area (Å²) < 4.78 is 17.2. The second-order valence-corrected chi connectivity index (χ2v) is 8.50. The largest absolute Gasteiger partial charge is 0.490 e. The molecule has 0 saturated carbocycles. The molecule has 0 amide bonds. The molecule has 0 unspecified atom stereocenters. The molecule has 9 nitrogen and oxygen atoms in total. The lowest BCUT2D eigenvalue weighted by Crippen LogP contribution is -2.06. The van der Waals surface area contributed by atoms with Gasteiger partial charge in [0.15, 0.2) is 17.2 Å². The maximum Gasteiger partial charge on any atom is 0.363 e. The number of hydrogen-bond acceptors (Lipinski definition) is 8. The van der Waals surface area contributed by atoms with Crippen molar-refractivity contribution in [3.05, 3.63) is 110 Å². The Hall–Kier alpha value is -4.57. The minimum Gasteiger partial charge on any atom is -0.490 e. The Morgan fingerprint density at radius 1 is 1.08 bits per heavy atom. The van der Waals surface area contributed by atoms with Crippen molar-refractivity contribution >= 4 is 51.6 Å². The Kier molecular flexibility index (Phi) is 7.89. The minimum atomic E-state index is -0.693. The van der Waals surface area contributed by atoms with E-state index in [1.54, 1.807) is 43.3 Å². The summed E-state index contributed by atoms with van der Waals surface area (Å²) in [6.45, 7) is 2.09. The predicted octanol–water partition coefficient (Wildman–Crippen LogP) is 5.72. The summed E-state index contributed by atoms with van der Waals surface area (Å²) in [6.07, 6.45) is 4.13. The normalized spacial score (nSPS) is 13.9. The Balaban J connectivity index is 1.51. The SMILES string of the molecule is CCOc1cc(/C=C2\N=C(c3ccc(Br)cc3)OC2=O)ccc1OC(=O)/C=C/c1cccc([N+](=O)[O-])c1. The van der Waals surface area contributed by atoms with Crippen LogP contribution in [0.2, 0.25) is 0 Å². The number of carbonyl (C=O) groups is 2. The van der Waals surface area contributed by atoms with Gasteiger partial charge in [-0.1, -0.05) is 34.1 Å². The number of non-ortho nitro benzene ring substituents is 1. The topological polar surface area (TPSA) is 117 Å². The second-order valence-electron chi connectivity index (χ2n) is 7.59. The zero-order chi connectivity index (χ0) is 26.4. The smallest absolute Gasteiger partial charge is 0.363 e. The molecule has 4 rings (SSSR count). The van der Waals surface area contributed by atoms with Crippen LogP contribution >= 0.6 is 15.9 Å². The van der Waals surface area contributed by atoms with E-state index in [1.165, 1.54) is 30.3 Å². The molecule has 0 aliphatic carbocycles.